The van der Waals surface area contributed by atoms with Crippen molar-refractivity contribution < 1.29 is 9.31 Å². The average Bonchev–Trinajstić information content (AvgIpc) is 2.57. The van der Waals surface area contributed by atoms with Gasteiger partial charge in [-0.1, -0.05) is 11.3 Å². The van der Waals surface area contributed by atoms with Crippen LogP contribution in [0.1, 0.15) is 0 Å². The Balaban J connectivity index is 2.82. The van der Waals surface area contributed by atoms with Gasteiger partial charge in [0, 0.05) is 15.9 Å². The number of nitro groups is 1. The van der Waals surface area contributed by atoms with Gasteiger partial charge in [0.2, 0.25) is 0 Å². The molecule has 0 amide bonds. The van der Waals surface area contributed by atoms with Crippen molar-refractivity contribution in [3.8, 4) is 0 Å². The Kier molecular flexibility index (Phi) is 2.24. The summed E-state index contributed by atoms with van der Waals surface area (Å²) in [5.74, 6) is -0.437. The molecule has 6 heteroatoms. The summed E-state index contributed by atoms with van der Waals surface area (Å²) >= 11 is 4.17. The summed E-state index contributed by atoms with van der Waals surface area (Å²) in [5, 5.41) is 10.7. The molecular weight excluding hydrogens is 273 g/mol. The van der Waals surface area contributed by atoms with Gasteiger partial charge in [0.15, 0.2) is 0 Å². The van der Waals surface area contributed by atoms with E-state index in [9.17, 15) is 14.5 Å². The fraction of sp³-hybridized carbons (Fsp3) is 0. The molecule has 0 saturated carbocycles. The highest BCUT2D eigenvalue weighted by Crippen LogP contribution is 2.37. The van der Waals surface area contributed by atoms with Crippen molar-refractivity contribution in [3.05, 3.63) is 38.6 Å². The highest BCUT2D eigenvalue weighted by Gasteiger charge is 2.15. The largest absolute Gasteiger partial charge is 0.325 e. The molecule has 0 aliphatic carbocycles. The van der Waals surface area contributed by atoms with Gasteiger partial charge in [-0.25, -0.2) is 4.39 Å². The Bertz CT molecular complexity index is 486. The first-order valence-electron chi connectivity index (χ1n) is 3.61. The van der Waals surface area contributed by atoms with E-state index in [0.29, 0.717) is 9.17 Å². The van der Waals surface area contributed by atoms with Crippen molar-refractivity contribution in [3.63, 3.8) is 0 Å². The van der Waals surface area contributed by atoms with Crippen LogP contribution in [-0.4, -0.2) is 4.92 Å². The minimum Gasteiger partial charge on any atom is -0.258 e. The van der Waals surface area contributed by atoms with Crippen molar-refractivity contribution in [1.82, 2.24) is 0 Å². The Morgan fingerprint density at radius 3 is 2.79 bits per heavy atom. The van der Waals surface area contributed by atoms with Crippen molar-refractivity contribution in [1.29, 1.82) is 0 Å². The lowest BCUT2D eigenvalue weighted by atomic mass is 10.2. The van der Waals surface area contributed by atoms with Crippen molar-refractivity contribution >= 4 is 42.4 Å². The summed E-state index contributed by atoms with van der Waals surface area (Å²) in [5.41, 5.74) is 0. The van der Waals surface area contributed by atoms with E-state index < -0.39 is 10.7 Å². The predicted molar refractivity (Wildman–Crippen MR) is 56.1 cm³/mol. The molecule has 0 radical (unpaired) electrons. The van der Waals surface area contributed by atoms with Crippen LogP contribution >= 0.6 is 27.3 Å². The number of hydrogen-bond donors (Lipinski definition) is 0. The molecule has 1 aromatic carbocycles. The van der Waals surface area contributed by atoms with Crippen LogP contribution in [0.3, 0.4) is 0 Å². The zero-order valence-electron chi connectivity index (χ0n) is 6.66. The summed E-state index contributed by atoms with van der Waals surface area (Å²) in [6, 6.07) is 4.07. The average molecular weight is 276 g/mol. The molecule has 2 rings (SSSR count). The van der Waals surface area contributed by atoms with E-state index in [1.165, 1.54) is 18.2 Å². The van der Waals surface area contributed by atoms with Gasteiger partial charge in [0.25, 0.3) is 0 Å². The highest BCUT2D eigenvalue weighted by molar-refractivity contribution is 9.10. The second-order valence-electron chi connectivity index (χ2n) is 2.61. The normalized spacial score (nSPS) is 10.7. The molecule has 0 aliphatic rings. The number of benzene rings is 1. The minimum atomic E-state index is -0.517. The van der Waals surface area contributed by atoms with E-state index in [2.05, 4.69) is 15.9 Å². The lowest BCUT2D eigenvalue weighted by Crippen LogP contribution is -1.80. The molecule has 72 valence electrons. The van der Waals surface area contributed by atoms with Gasteiger partial charge in [0.1, 0.15) is 5.82 Å². The van der Waals surface area contributed by atoms with Crippen molar-refractivity contribution in [2.75, 3.05) is 0 Å². The maximum absolute atomic E-state index is 13.2. The third kappa shape index (κ3) is 1.40. The third-order valence-electron chi connectivity index (χ3n) is 1.75. The molecule has 0 unspecified atom stereocenters. The zero-order chi connectivity index (χ0) is 10.3. The minimum absolute atomic E-state index is 0.0502. The summed E-state index contributed by atoms with van der Waals surface area (Å²) in [6.07, 6.45) is 0. The molecule has 3 nitrogen and oxygen atoms in total. The van der Waals surface area contributed by atoms with Crippen LogP contribution in [0.4, 0.5) is 9.39 Å². The number of fused-ring (bicyclic) bond motifs is 1. The highest BCUT2D eigenvalue weighted by atomic mass is 79.9. The van der Waals surface area contributed by atoms with Crippen LogP contribution in [0.2, 0.25) is 0 Å². The maximum Gasteiger partial charge on any atom is 0.325 e. The van der Waals surface area contributed by atoms with Crippen LogP contribution in [0, 0.1) is 15.9 Å². The number of hydrogen-bond acceptors (Lipinski definition) is 3. The van der Waals surface area contributed by atoms with Crippen LogP contribution in [0.25, 0.3) is 10.1 Å². The Labute approximate surface area is 90.4 Å². The molecule has 14 heavy (non-hydrogen) atoms. The van der Waals surface area contributed by atoms with Crippen LogP contribution in [0.5, 0.6) is 0 Å². The van der Waals surface area contributed by atoms with E-state index in [0.717, 1.165) is 11.3 Å². The fourth-order valence-corrected chi connectivity index (χ4v) is 2.62. The van der Waals surface area contributed by atoms with Crippen molar-refractivity contribution in [2.45, 2.75) is 0 Å². The molecule has 1 aromatic heterocycles. The maximum atomic E-state index is 13.2. The summed E-state index contributed by atoms with van der Waals surface area (Å²) in [6.45, 7) is 0. The van der Waals surface area contributed by atoms with Gasteiger partial charge in [-0.05, 0) is 28.1 Å². The molecule has 0 bridgehead atoms. The first-order valence-corrected chi connectivity index (χ1v) is 5.22. The second kappa shape index (κ2) is 3.29. The van der Waals surface area contributed by atoms with E-state index in [4.69, 9.17) is 0 Å². The SMILES string of the molecule is O=[N+]([O-])c1cc2c(F)ccc(Br)c2s1. The number of nitrogens with zero attached hydrogens (tertiary/aromatic N) is 1. The van der Waals surface area contributed by atoms with E-state index in [-0.39, 0.29) is 10.4 Å². The molecule has 0 fully saturated rings. The quantitative estimate of drug-likeness (QED) is 0.588. The first kappa shape index (κ1) is 9.54. The molecule has 2 aromatic rings. The zero-order valence-corrected chi connectivity index (χ0v) is 9.06. The van der Waals surface area contributed by atoms with Gasteiger partial charge >= 0.3 is 5.00 Å². The van der Waals surface area contributed by atoms with Crippen LogP contribution in [0.15, 0.2) is 22.7 Å². The Hall–Kier alpha value is -1.01. The Morgan fingerprint density at radius 1 is 1.50 bits per heavy atom. The smallest absolute Gasteiger partial charge is 0.258 e. The van der Waals surface area contributed by atoms with Gasteiger partial charge < -0.3 is 0 Å². The van der Waals surface area contributed by atoms with Crippen LogP contribution in [-0.2, 0) is 0 Å². The van der Waals surface area contributed by atoms with Gasteiger partial charge in [-0.3, -0.25) is 10.1 Å². The van der Waals surface area contributed by atoms with E-state index in [1.54, 1.807) is 0 Å². The lowest BCUT2D eigenvalue weighted by Gasteiger charge is -1.92. The molecule has 0 spiro atoms. The first-order chi connectivity index (χ1) is 6.59. The number of rotatable bonds is 1. The van der Waals surface area contributed by atoms with Gasteiger partial charge in [-0.2, -0.15) is 0 Å². The molecule has 0 aliphatic heterocycles. The molecule has 1 heterocycles. The van der Waals surface area contributed by atoms with Gasteiger partial charge in [-0.15, -0.1) is 0 Å². The molecular formula is C8H3BrFNO2S. The molecule has 0 atom stereocenters. The third-order valence-corrected chi connectivity index (χ3v) is 3.79. The molecule has 0 N–H and O–H groups in total. The summed E-state index contributed by atoms with van der Waals surface area (Å²) in [4.78, 5) is 9.95. The molecule has 0 saturated heterocycles. The van der Waals surface area contributed by atoms with Gasteiger partial charge in [0.05, 0.1) is 9.62 Å². The predicted octanol–water partition coefficient (Wildman–Crippen LogP) is 3.71. The second-order valence-corrected chi connectivity index (χ2v) is 4.50. The Morgan fingerprint density at radius 2 is 2.21 bits per heavy atom. The van der Waals surface area contributed by atoms with Crippen LogP contribution < -0.4 is 0 Å². The topological polar surface area (TPSA) is 43.1 Å². The van der Waals surface area contributed by atoms with E-state index >= 15 is 0 Å². The number of thiophene rings is 1. The lowest BCUT2D eigenvalue weighted by molar-refractivity contribution is -0.380. The van der Waals surface area contributed by atoms with Crippen molar-refractivity contribution in [2.24, 2.45) is 0 Å². The fourth-order valence-electron chi connectivity index (χ4n) is 1.13. The monoisotopic (exact) mass is 275 g/mol. The summed E-state index contributed by atoms with van der Waals surface area (Å²) in [7, 11) is 0. The standard InChI is InChI=1S/C8H3BrFNO2S/c9-5-1-2-6(10)4-3-7(11(12)13)14-8(4)5/h1-3H. The number of halogens is 2. The summed E-state index contributed by atoms with van der Waals surface area (Å²) < 4.78 is 14.4. The van der Waals surface area contributed by atoms with E-state index in [1.807, 2.05) is 0 Å².